The third-order valence-electron chi connectivity index (χ3n) is 3.81. The summed E-state index contributed by atoms with van der Waals surface area (Å²) in [6.45, 7) is 5.32. The molecule has 0 saturated carbocycles. The lowest BCUT2D eigenvalue weighted by Gasteiger charge is -2.19. The molecule has 122 valence electrons. The molecule has 0 amide bonds. The molecule has 0 fully saturated rings. The van der Waals surface area contributed by atoms with E-state index in [1.54, 1.807) is 7.11 Å². The lowest BCUT2D eigenvalue weighted by molar-refractivity contribution is 0.184. The first-order valence-corrected chi connectivity index (χ1v) is 7.71. The number of nitrogen functional groups attached to an aromatic ring is 1. The van der Waals surface area contributed by atoms with Crippen molar-refractivity contribution >= 4 is 27.6 Å². The summed E-state index contributed by atoms with van der Waals surface area (Å²) in [5.41, 5.74) is 14.8. The van der Waals surface area contributed by atoms with Crippen molar-refractivity contribution in [3.05, 3.63) is 30.0 Å². The number of fused-ring (bicyclic) bond motifs is 3. The fourth-order valence-corrected chi connectivity index (χ4v) is 2.90. The Balaban J connectivity index is 2.24. The molecular formula is C17H23N5O. The van der Waals surface area contributed by atoms with Crippen molar-refractivity contribution in [1.82, 2.24) is 14.8 Å². The molecule has 0 spiro atoms. The van der Waals surface area contributed by atoms with Gasteiger partial charge >= 0.3 is 0 Å². The zero-order chi connectivity index (χ0) is 16.6. The molecule has 2 aromatic heterocycles. The number of anilines is 1. The number of rotatable bonds is 5. The Kier molecular flexibility index (Phi) is 3.95. The van der Waals surface area contributed by atoms with Crippen molar-refractivity contribution in [1.29, 1.82) is 0 Å². The maximum absolute atomic E-state index is 6.22. The molecule has 0 unspecified atom stereocenters. The van der Waals surface area contributed by atoms with Gasteiger partial charge in [0.25, 0.3) is 0 Å². The number of aromatic nitrogens is 3. The third-order valence-corrected chi connectivity index (χ3v) is 3.81. The maximum atomic E-state index is 6.22. The van der Waals surface area contributed by atoms with Gasteiger partial charge in [-0.05, 0) is 31.9 Å². The SMILES string of the molecule is COCCn1cc2c(n1)c(N)nc1cccc(CC(C)(C)N)c12. The molecule has 6 heteroatoms. The summed E-state index contributed by atoms with van der Waals surface area (Å²) in [5.74, 6) is 0.452. The van der Waals surface area contributed by atoms with Gasteiger partial charge < -0.3 is 16.2 Å². The first-order valence-electron chi connectivity index (χ1n) is 7.71. The largest absolute Gasteiger partial charge is 0.383 e. The Morgan fingerprint density at radius 2 is 2.09 bits per heavy atom. The minimum absolute atomic E-state index is 0.298. The van der Waals surface area contributed by atoms with Gasteiger partial charge in [-0.25, -0.2) is 4.98 Å². The van der Waals surface area contributed by atoms with E-state index in [1.165, 1.54) is 5.56 Å². The van der Waals surface area contributed by atoms with Crippen LogP contribution in [0, 0.1) is 0 Å². The summed E-state index contributed by atoms with van der Waals surface area (Å²) in [6, 6.07) is 6.07. The number of hydrogen-bond donors (Lipinski definition) is 2. The van der Waals surface area contributed by atoms with Crippen molar-refractivity contribution in [3.63, 3.8) is 0 Å². The first kappa shape index (κ1) is 15.7. The molecule has 0 atom stereocenters. The summed E-state index contributed by atoms with van der Waals surface area (Å²) < 4.78 is 6.98. The quantitative estimate of drug-likeness (QED) is 0.752. The normalized spacial score (nSPS) is 12.3. The minimum Gasteiger partial charge on any atom is -0.383 e. The average molecular weight is 313 g/mol. The topological polar surface area (TPSA) is 92.0 Å². The van der Waals surface area contributed by atoms with Gasteiger partial charge in [-0.2, -0.15) is 5.10 Å². The molecule has 3 rings (SSSR count). The van der Waals surface area contributed by atoms with E-state index < -0.39 is 0 Å². The van der Waals surface area contributed by atoms with E-state index in [4.69, 9.17) is 16.2 Å². The van der Waals surface area contributed by atoms with Gasteiger partial charge in [-0.3, -0.25) is 4.68 Å². The summed E-state index contributed by atoms with van der Waals surface area (Å²) in [7, 11) is 1.68. The molecule has 0 saturated heterocycles. The molecular weight excluding hydrogens is 290 g/mol. The van der Waals surface area contributed by atoms with Gasteiger partial charge in [0.05, 0.1) is 18.7 Å². The molecule has 2 heterocycles. The molecule has 6 nitrogen and oxygen atoms in total. The van der Waals surface area contributed by atoms with Crippen LogP contribution in [-0.2, 0) is 17.7 Å². The number of benzene rings is 1. The molecule has 23 heavy (non-hydrogen) atoms. The van der Waals surface area contributed by atoms with E-state index >= 15 is 0 Å². The second-order valence-corrected chi connectivity index (χ2v) is 6.62. The first-order chi connectivity index (χ1) is 10.9. The third kappa shape index (κ3) is 3.13. The molecule has 0 aliphatic rings. The predicted molar refractivity (Wildman–Crippen MR) is 93.3 cm³/mol. The van der Waals surface area contributed by atoms with Gasteiger partial charge in [0.2, 0.25) is 0 Å². The zero-order valence-corrected chi connectivity index (χ0v) is 13.8. The predicted octanol–water partition coefficient (Wildman–Crippen LogP) is 2.09. The number of methoxy groups -OCH3 is 1. The van der Waals surface area contributed by atoms with E-state index in [0.29, 0.717) is 19.0 Å². The number of nitrogens with zero attached hydrogens (tertiary/aromatic N) is 3. The van der Waals surface area contributed by atoms with Crippen LogP contribution in [0.3, 0.4) is 0 Å². The number of nitrogens with two attached hydrogens (primary N) is 2. The van der Waals surface area contributed by atoms with E-state index in [9.17, 15) is 0 Å². The Labute approximate surface area is 135 Å². The smallest absolute Gasteiger partial charge is 0.152 e. The highest BCUT2D eigenvalue weighted by atomic mass is 16.5. The molecule has 0 aliphatic carbocycles. The standard InChI is InChI=1S/C17H23N5O/c1-17(2,19)9-11-5-4-6-13-14(11)12-10-22(7-8-23-3)21-15(12)16(18)20-13/h4-6,10H,7-9,19H2,1-3H3,(H2,18,20). The average Bonchev–Trinajstić information content (AvgIpc) is 2.88. The van der Waals surface area contributed by atoms with Crippen LogP contribution in [0.2, 0.25) is 0 Å². The number of pyridine rings is 1. The van der Waals surface area contributed by atoms with Gasteiger partial charge in [-0.15, -0.1) is 0 Å². The van der Waals surface area contributed by atoms with Crippen molar-refractivity contribution in [2.45, 2.75) is 32.4 Å². The highest BCUT2D eigenvalue weighted by Crippen LogP contribution is 2.31. The van der Waals surface area contributed by atoms with Crippen LogP contribution in [0.5, 0.6) is 0 Å². The van der Waals surface area contributed by atoms with Crippen LogP contribution in [0.1, 0.15) is 19.4 Å². The summed E-state index contributed by atoms with van der Waals surface area (Å²) in [4.78, 5) is 4.52. The van der Waals surface area contributed by atoms with Crippen LogP contribution in [-0.4, -0.2) is 34.0 Å². The summed E-state index contributed by atoms with van der Waals surface area (Å²) in [5, 5.41) is 6.65. The molecule has 4 N–H and O–H groups in total. The van der Waals surface area contributed by atoms with Gasteiger partial charge in [0.1, 0.15) is 5.52 Å². The fraction of sp³-hybridized carbons (Fsp3) is 0.412. The fourth-order valence-electron chi connectivity index (χ4n) is 2.90. The van der Waals surface area contributed by atoms with Crippen molar-refractivity contribution in [2.75, 3.05) is 19.5 Å². The van der Waals surface area contributed by atoms with E-state index in [-0.39, 0.29) is 5.54 Å². The molecule has 3 aromatic rings. The van der Waals surface area contributed by atoms with Crippen LogP contribution in [0.4, 0.5) is 5.82 Å². The Morgan fingerprint density at radius 3 is 2.78 bits per heavy atom. The highest BCUT2D eigenvalue weighted by Gasteiger charge is 2.18. The Hall–Kier alpha value is -2.18. The van der Waals surface area contributed by atoms with Crippen molar-refractivity contribution in [3.8, 4) is 0 Å². The van der Waals surface area contributed by atoms with E-state index in [0.717, 1.165) is 28.2 Å². The minimum atomic E-state index is -0.298. The lowest BCUT2D eigenvalue weighted by Crippen LogP contribution is -2.34. The van der Waals surface area contributed by atoms with Crippen LogP contribution < -0.4 is 11.5 Å². The number of ether oxygens (including phenoxy) is 1. The molecule has 0 bridgehead atoms. The highest BCUT2D eigenvalue weighted by molar-refractivity contribution is 6.09. The van der Waals surface area contributed by atoms with Crippen LogP contribution in [0.25, 0.3) is 21.8 Å². The Bertz CT molecular complexity index is 847. The maximum Gasteiger partial charge on any atom is 0.152 e. The molecule has 0 radical (unpaired) electrons. The van der Waals surface area contributed by atoms with E-state index in [1.807, 2.05) is 36.9 Å². The summed E-state index contributed by atoms with van der Waals surface area (Å²) in [6.07, 6.45) is 2.77. The molecule has 0 aliphatic heterocycles. The van der Waals surface area contributed by atoms with Crippen LogP contribution in [0.15, 0.2) is 24.4 Å². The second kappa shape index (κ2) is 5.79. The van der Waals surface area contributed by atoms with Gasteiger partial charge in [0.15, 0.2) is 5.82 Å². The van der Waals surface area contributed by atoms with Gasteiger partial charge in [0, 0.05) is 29.6 Å². The Morgan fingerprint density at radius 1 is 1.30 bits per heavy atom. The second-order valence-electron chi connectivity index (χ2n) is 6.62. The summed E-state index contributed by atoms with van der Waals surface area (Å²) >= 11 is 0. The van der Waals surface area contributed by atoms with Gasteiger partial charge in [-0.1, -0.05) is 12.1 Å². The van der Waals surface area contributed by atoms with Crippen LogP contribution >= 0.6 is 0 Å². The number of hydrogen-bond acceptors (Lipinski definition) is 5. The van der Waals surface area contributed by atoms with Crippen molar-refractivity contribution < 1.29 is 4.74 Å². The van der Waals surface area contributed by atoms with E-state index in [2.05, 4.69) is 16.1 Å². The van der Waals surface area contributed by atoms with Crippen molar-refractivity contribution in [2.24, 2.45) is 5.73 Å². The zero-order valence-electron chi connectivity index (χ0n) is 13.8. The monoisotopic (exact) mass is 313 g/mol. The lowest BCUT2D eigenvalue weighted by atomic mass is 9.92. The molecule has 1 aromatic carbocycles.